The monoisotopic (exact) mass is 221 g/mol. The van der Waals surface area contributed by atoms with Crippen LogP contribution in [0.4, 0.5) is 0 Å². The highest BCUT2D eigenvalue weighted by Crippen LogP contribution is 2.35. The average molecular weight is 222 g/mol. The highest BCUT2D eigenvalue weighted by molar-refractivity contribution is 7.20. The number of nitrogens with one attached hydrogen (secondary N) is 1. The van der Waals surface area contributed by atoms with Crippen molar-refractivity contribution in [2.75, 3.05) is 7.05 Å². The van der Waals surface area contributed by atoms with Gasteiger partial charge >= 0.3 is 0 Å². The Morgan fingerprint density at radius 2 is 2.33 bits per heavy atom. The maximum Gasteiger partial charge on any atom is 0.0995 e. The standard InChI is InChI=1S/C8H9Cl2NS/c1-3-6(11-2)5-4-7(9)12-8(5)10/h3-4,6,11H,1H2,2H3. The molecule has 0 saturated carbocycles. The number of rotatable bonds is 3. The Labute approximate surface area is 86.0 Å². The lowest BCUT2D eigenvalue weighted by molar-refractivity contribution is 0.719. The summed E-state index contributed by atoms with van der Waals surface area (Å²) >= 11 is 13.1. The molecule has 1 aromatic rings. The van der Waals surface area contributed by atoms with Crippen molar-refractivity contribution in [2.45, 2.75) is 6.04 Å². The highest BCUT2D eigenvalue weighted by atomic mass is 35.5. The Kier molecular flexibility index (Phi) is 3.59. The first-order valence-corrected chi connectivity index (χ1v) is 5.00. The molecule has 0 fully saturated rings. The summed E-state index contributed by atoms with van der Waals surface area (Å²) in [7, 11) is 1.86. The van der Waals surface area contributed by atoms with E-state index in [0.29, 0.717) is 4.34 Å². The van der Waals surface area contributed by atoms with Gasteiger partial charge in [0.15, 0.2) is 0 Å². The summed E-state index contributed by atoms with van der Waals surface area (Å²) in [5.41, 5.74) is 0.990. The Morgan fingerprint density at radius 3 is 2.67 bits per heavy atom. The van der Waals surface area contributed by atoms with E-state index in [1.807, 2.05) is 13.1 Å². The van der Waals surface area contributed by atoms with E-state index >= 15 is 0 Å². The van der Waals surface area contributed by atoms with Gasteiger partial charge in [0.2, 0.25) is 0 Å². The molecular formula is C8H9Cl2NS. The zero-order valence-electron chi connectivity index (χ0n) is 6.60. The molecule has 1 aromatic heterocycles. The lowest BCUT2D eigenvalue weighted by Gasteiger charge is -2.08. The van der Waals surface area contributed by atoms with Gasteiger partial charge in [-0.15, -0.1) is 17.9 Å². The minimum Gasteiger partial charge on any atom is -0.310 e. The fraction of sp³-hybridized carbons (Fsp3) is 0.250. The maximum atomic E-state index is 5.94. The molecule has 0 aliphatic rings. The molecule has 1 heterocycles. The third-order valence-corrected chi connectivity index (χ3v) is 3.08. The zero-order valence-corrected chi connectivity index (χ0v) is 8.93. The number of likely N-dealkylation sites (N-methyl/N-ethyl adjacent to an activating group) is 1. The number of halogens is 2. The second kappa shape index (κ2) is 4.28. The molecule has 0 saturated heterocycles. The summed E-state index contributed by atoms with van der Waals surface area (Å²) in [5.74, 6) is 0. The van der Waals surface area contributed by atoms with Crippen molar-refractivity contribution in [3.63, 3.8) is 0 Å². The average Bonchev–Trinajstić information content (AvgIpc) is 2.34. The van der Waals surface area contributed by atoms with Gasteiger partial charge in [0.05, 0.1) is 14.7 Å². The van der Waals surface area contributed by atoms with Crippen LogP contribution in [0.2, 0.25) is 8.67 Å². The SMILES string of the molecule is C=CC(NC)c1cc(Cl)sc1Cl. The summed E-state index contributed by atoms with van der Waals surface area (Å²) < 4.78 is 1.43. The third-order valence-electron chi connectivity index (χ3n) is 1.56. The second-order valence-corrected chi connectivity index (χ2v) is 4.57. The topological polar surface area (TPSA) is 12.0 Å². The molecule has 4 heteroatoms. The van der Waals surface area contributed by atoms with E-state index in [1.165, 1.54) is 11.3 Å². The Balaban J connectivity index is 2.99. The van der Waals surface area contributed by atoms with Gasteiger partial charge in [-0.2, -0.15) is 0 Å². The molecular weight excluding hydrogens is 213 g/mol. The molecule has 0 spiro atoms. The van der Waals surface area contributed by atoms with Crippen LogP contribution in [0.1, 0.15) is 11.6 Å². The molecule has 66 valence electrons. The van der Waals surface area contributed by atoms with Gasteiger partial charge in [-0.3, -0.25) is 0 Å². The minimum absolute atomic E-state index is 0.0845. The molecule has 1 unspecified atom stereocenters. The van der Waals surface area contributed by atoms with Gasteiger partial charge < -0.3 is 5.32 Å². The number of thiophene rings is 1. The van der Waals surface area contributed by atoms with Crippen LogP contribution in [0.5, 0.6) is 0 Å². The fourth-order valence-electron chi connectivity index (χ4n) is 0.965. The summed E-state index contributed by atoms with van der Waals surface area (Å²) in [5, 5.41) is 3.07. The Bertz CT molecular complexity index is 283. The molecule has 1 nitrogen and oxygen atoms in total. The van der Waals surface area contributed by atoms with Crippen LogP contribution < -0.4 is 5.32 Å². The first-order chi connectivity index (χ1) is 5.69. The molecule has 0 bridgehead atoms. The quantitative estimate of drug-likeness (QED) is 0.771. The van der Waals surface area contributed by atoms with Crippen molar-refractivity contribution in [3.05, 3.63) is 33.0 Å². The smallest absolute Gasteiger partial charge is 0.0995 e. The van der Waals surface area contributed by atoms with E-state index in [2.05, 4.69) is 11.9 Å². The van der Waals surface area contributed by atoms with E-state index < -0.39 is 0 Å². The molecule has 1 rings (SSSR count). The lowest BCUT2D eigenvalue weighted by atomic mass is 10.1. The second-order valence-electron chi connectivity index (χ2n) is 2.28. The van der Waals surface area contributed by atoms with Gasteiger partial charge in [0, 0.05) is 5.56 Å². The minimum atomic E-state index is 0.0845. The number of hydrogen-bond donors (Lipinski definition) is 1. The van der Waals surface area contributed by atoms with Gasteiger partial charge in [0.25, 0.3) is 0 Å². The molecule has 0 aromatic carbocycles. The van der Waals surface area contributed by atoms with Crippen LogP contribution in [0.15, 0.2) is 18.7 Å². The normalized spacial score (nSPS) is 12.9. The van der Waals surface area contributed by atoms with E-state index in [9.17, 15) is 0 Å². The van der Waals surface area contributed by atoms with Gasteiger partial charge in [0.1, 0.15) is 0 Å². The van der Waals surface area contributed by atoms with Crippen molar-refractivity contribution in [1.82, 2.24) is 5.32 Å². The molecule has 0 radical (unpaired) electrons. The zero-order chi connectivity index (χ0) is 9.14. The van der Waals surface area contributed by atoms with Gasteiger partial charge in [-0.1, -0.05) is 29.3 Å². The van der Waals surface area contributed by atoms with Crippen LogP contribution >= 0.6 is 34.5 Å². The molecule has 0 amide bonds. The van der Waals surface area contributed by atoms with Crippen molar-refractivity contribution < 1.29 is 0 Å². The van der Waals surface area contributed by atoms with Gasteiger partial charge in [-0.25, -0.2) is 0 Å². The largest absolute Gasteiger partial charge is 0.310 e. The van der Waals surface area contributed by atoms with Crippen LogP contribution in [0, 0.1) is 0 Å². The molecule has 1 N–H and O–H groups in total. The molecule has 12 heavy (non-hydrogen) atoms. The van der Waals surface area contributed by atoms with Crippen LogP contribution in [0.3, 0.4) is 0 Å². The van der Waals surface area contributed by atoms with Crippen molar-refractivity contribution >= 4 is 34.5 Å². The summed E-state index contributed by atoms with van der Waals surface area (Å²) in [4.78, 5) is 0. The first kappa shape index (κ1) is 10.1. The van der Waals surface area contributed by atoms with E-state index in [4.69, 9.17) is 23.2 Å². The van der Waals surface area contributed by atoms with Crippen LogP contribution in [0.25, 0.3) is 0 Å². The van der Waals surface area contributed by atoms with Crippen LogP contribution in [-0.2, 0) is 0 Å². The highest BCUT2D eigenvalue weighted by Gasteiger charge is 2.12. The van der Waals surface area contributed by atoms with Crippen LogP contribution in [-0.4, -0.2) is 7.05 Å². The van der Waals surface area contributed by atoms with E-state index in [-0.39, 0.29) is 6.04 Å². The first-order valence-electron chi connectivity index (χ1n) is 3.43. The Hall–Kier alpha value is -0.0200. The van der Waals surface area contributed by atoms with Crippen molar-refractivity contribution in [3.8, 4) is 0 Å². The number of hydrogen-bond acceptors (Lipinski definition) is 2. The maximum absolute atomic E-state index is 5.94. The predicted octanol–water partition coefficient (Wildman–Crippen LogP) is 3.50. The van der Waals surface area contributed by atoms with E-state index in [1.54, 1.807) is 6.08 Å². The van der Waals surface area contributed by atoms with Gasteiger partial charge in [-0.05, 0) is 13.1 Å². The molecule has 0 aliphatic heterocycles. The summed E-state index contributed by atoms with van der Waals surface area (Å²) in [6.07, 6.45) is 1.80. The predicted molar refractivity (Wildman–Crippen MR) is 56.3 cm³/mol. The fourth-order valence-corrected chi connectivity index (χ4v) is 2.52. The van der Waals surface area contributed by atoms with Crippen molar-refractivity contribution in [2.24, 2.45) is 0 Å². The Morgan fingerprint density at radius 1 is 1.67 bits per heavy atom. The third kappa shape index (κ3) is 2.02. The summed E-state index contributed by atoms with van der Waals surface area (Å²) in [6, 6.07) is 1.94. The molecule has 1 atom stereocenters. The molecule has 0 aliphatic carbocycles. The van der Waals surface area contributed by atoms with Crippen molar-refractivity contribution in [1.29, 1.82) is 0 Å². The van der Waals surface area contributed by atoms with E-state index in [0.717, 1.165) is 9.90 Å². The lowest BCUT2D eigenvalue weighted by Crippen LogP contribution is -2.12. The summed E-state index contributed by atoms with van der Waals surface area (Å²) in [6.45, 7) is 3.70.